The van der Waals surface area contributed by atoms with Gasteiger partial charge in [0, 0.05) is 30.2 Å². The molecule has 2 heterocycles. The Morgan fingerprint density at radius 2 is 2.26 bits per heavy atom. The highest BCUT2D eigenvalue weighted by Gasteiger charge is 2.21. The van der Waals surface area contributed by atoms with Gasteiger partial charge in [0.1, 0.15) is 0 Å². The summed E-state index contributed by atoms with van der Waals surface area (Å²) < 4.78 is 0. The number of nitrogens with one attached hydrogen (secondary N) is 1. The third-order valence-corrected chi connectivity index (χ3v) is 4.37. The van der Waals surface area contributed by atoms with E-state index in [1.54, 1.807) is 0 Å². The van der Waals surface area contributed by atoms with Gasteiger partial charge in [0.15, 0.2) is 0 Å². The number of hydrogen-bond acceptors (Lipinski definition) is 2. The van der Waals surface area contributed by atoms with Gasteiger partial charge in [-0.05, 0) is 43.0 Å². The zero-order valence-electron chi connectivity index (χ0n) is 11.7. The Morgan fingerprint density at radius 1 is 1.37 bits per heavy atom. The van der Waals surface area contributed by atoms with Crippen LogP contribution < -0.4 is 5.73 Å². The molecule has 3 nitrogen and oxygen atoms in total. The van der Waals surface area contributed by atoms with Crippen LogP contribution in [0, 0.1) is 5.92 Å². The molecule has 1 unspecified atom stereocenters. The number of para-hydroxylation sites is 1. The van der Waals surface area contributed by atoms with E-state index < -0.39 is 0 Å². The predicted molar refractivity (Wildman–Crippen MR) is 80.1 cm³/mol. The van der Waals surface area contributed by atoms with E-state index in [1.165, 1.54) is 35.0 Å². The molecule has 1 aliphatic rings. The molecule has 0 aliphatic carbocycles. The summed E-state index contributed by atoms with van der Waals surface area (Å²) in [5.41, 5.74) is 9.91. The van der Waals surface area contributed by atoms with E-state index in [0.29, 0.717) is 5.92 Å². The second-order valence-corrected chi connectivity index (χ2v) is 5.63. The maximum absolute atomic E-state index is 5.76. The Bertz CT molecular complexity index is 558. The molecule has 1 aliphatic heterocycles. The van der Waals surface area contributed by atoms with E-state index in [-0.39, 0.29) is 0 Å². The van der Waals surface area contributed by atoms with Crippen LogP contribution in [0.5, 0.6) is 0 Å². The van der Waals surface area contributed by atoms with E-state index in [2.05, 4.69) is 41.2 Å². The third kappa shape index (κ3) is 2.40. The van der Waals surface area contributed by atoms with Gasteiger partial charge in [-0.15, -0.1) is 0 Å². The van der Waals surface area contributed by atoms with Crippen LogP contribution in [0.2, 0.25) is 0 Å². The first kappa shape index (κ1) is 12.7. The number of fused-ring (bicyclic) bond motifs is 1. The van der Waals surface area contributed by atoms with Gasteiger partial charge in [0.25, 0.3) is 0 Å². The summed E-state index contributed by atoms with van der Waals surface area (Å²) in [6.45, 7) is 6.41. The van der Waals surface area contributed by atoms with Crippen LogP contribution >= 0.6 is 0 Å². The fraction of sp³-hybridized carbons (Fsp3) is 0.500. The predicted octanol–water partition coefficient (Wildman–Crippen LogP) is 2.51. The van der Waals surface area contributed by atoms with E-state index in [4.69, 9.17) is 5.73 Å². The zero-order valence-corrected chi connectivity index (χ0v) is 11.7. The van der Waals surface area contributed by atoms with Crippen molar-refractivity contribution in [3.63, 3.8) is 0 Å². The first-order valence-electron chi connectivity index (χ1n) is 7.32. The maximum atomic E-state index is 5.76. The molecule has 1 atom stereocenters. The topological polar surface area (TPSA) is 45.0 Å². The Morgan fingerprint density at radius 3 is 3.00 bits per heavy atom. The van der Waals surface area contributed by atoms with Crippen LogP contribution in [0.3, 0.4) is 0 Å². The van der Waals surface area contributed by atoms with Crippen molar-refractivity contribution in [2.75, 3.05) is 19.6 Å². The summed E-state index contributed by atoms with van der Waals surface area (Å²) in [5, 5.41) is 1.38. The van der Waals surface area contributed by atoms with Gasteiger partial charge in [-0.1, -0.05) is 25.1 Å². The number of rotatable bonds is 4. The van der Waals surface area contributed by atoms with Crippen molar-refractivity contribution in [2.45, 2.75) is 26.3 Å². The number of benzene rings is 1. The van der Waals surface area contributed by atoms with Crippen LogP contribution in [0.15, 0.2) is 24.4 Å². The summed E-state index contributed by atoms with van der Waals surface area (Å²) in [7, 11) is 0. The molecule has 1 saturated heterocycles. The fourth-order valence-corrected chi connectivity index (χ4v) is 3.19. The lowest BCUT2D eigenvalue weighted by atomic mass is 10.1. The average molecular weight is 257 g/mol. The zero-order chi connectivity index (χ0) is 13.2. The molecule has 0 amide bonds. The van der Waals surface area contributed by atoms with Crippen molar-refractivity contribution in [3.05, 3.63) is 35.5 Å². The molecular weight excluding hydrogens is 234 g/mol. The minimum Gasteiger partial charge on any atom is -0.361 e. The minimum atomic E-state index is 0.691. The summed E-state index contributed by atoms with van der Waals surface area (Å²) in [6, 6.07) is 6.62. The van der Waals surface area contributed by atoms with Gasteiger partial charge in [-0.25, -0.2) is 0 Å². The van der Waals surface area contributed by atoms with Gasteiger partial charge in [-0.3, -0.25) is 4.90 Å². The first-order chi connectivity index (χ1) is 9.31. The van der Waals surface area contributed by atoms with Crippen LogP contribution in [-0.2, 0) is 13.0 Å². The van der Waals surface area contributed by atoms with Gasteiger partial charge >= 0.3 is 0 Å². The van der Waals surface area contributed by atoms with E-state index >= 15 is 0 Å². The second kappa shape index (κ2) is 5.35. The number of aryl methyl sites for hydroxylation is 1. The van der Waals surface area contributed by atoms with Crippen LogP contribution in [0.1, 0.15) is 24.5 Å². The molecule has 0 bridgehead atoms. The first-order valence-corrected chi connectivity index (χ1v) is 7.32. The lowest BCUT2D eigenvalue weighted by molar-refractivity contribution is 0.319. The maximum Gasteiger partial charge on any atom is 0.0489 e. The molecular formula is C16H23N3. The molecule has 3 N–H and O–H groups in total. The Balaban J connectivity index is 1.82. The molecule has 0 radical (unpaired) electrons. The number of nitrogens with two attached hydrogens (primary N) is 1. The van der Waals surface area contributed by atoms with Gasteiger partial charge in [0.2, 0.25) is 0 Å². The van der Waals surface area contributed by atoms with Crippen molar-refractivity contribution in [3.8, 4) is 0 Å². The fourth-order valence-electron chi connectivity index (χ4n) is 3.19. The van der Waals surface area contributed by atoms with Crippen molar-refractivity contribution < 1.29 is 0 Å². The monoisotopic (exact) mass is 257 g/mol. The van der Waals surface area contributed by atoms with E-state index in [0.717, 1.165) is 26.1 Å². The van der Waals surface area contributed by atoms with Gasteiger partial charge in [0.05, 0.1) is 0 Å². The third-order valence-electron chi connectivity index (χ3n) is 4.37. The smallest absolute Gasteiger partial charge is 0.0489 e. The lowest BCUT2D eigenvalue weighted by Gasteiger charge is -2.15. The number of nitrogens with zero attached hydrogens (tertiary/aromatic N) is 1. The summed E-state index contributed by atoms with van der Waals surface area (Å²) >= 11 is 0. The van der Waals surface area contributed by atoms with Crippen LogP contribution in [0.25, 0.3) is 10.9 Å². The SMILES string of the molecule is CCc1cccc2c(CN3CCC(CN)C3)c[nH]c12. The van der Waals surface area contributed by atoms with Crippen molar-refractivity contribution in [1.29, 1.82) is 0 Å². The highest BCUT2D eigenvalue weighted by atomic mass is 15.1. The molecule has 1 fully saturated rings. The number of hydrogen-bond donors (Lipinski definition) is 2. The van der Waals surface area contributed by atoms with Gasteiger partial charge < -0.3 is 10.7 Å². The van der Waals surface area contributed by atoms with Crippen molar-refractivity contribution in [1.82, 2.24) is 9.88 Å². The highest BCUT2D eigenvalue weighted by molar-refractivity contribution is 5.86. The molecule has 0 spiro atoms. The molecule has 1 aromatic carbocycles. The van der Waals surface area contributed by atoms with E-state index in [9.17, 15) is 0 Å². The molecule has 0 saturated carbocycles. The standard InChI is InChI=1S/C16H23N3/c1-2-13-4-3-5-15-14(9-18-16(13)15)11-19-7-6-12(8-17)10-19/h3-5,9,12,18H,2,6-8,10-11,17H2,1H3. The summed E-state index contributed by atoms with van der Waals surface area (Å²) in [4.78, 5) is 5.98. The van der Waals surface area contributed by atoms with Crippen molar-refractivity contribution in [2.24, 2.45) is 11.7 Å². The largest absolute Gasteiger partial charge is 0.361 e. The average Bonchev–Trinajstić information content (AvgIpc) is 3.06. The lowest BCUT2D eigenvalue weighted by Crippen LogP contribution is -2.22. The molecule has 3 rings (SSSR count). The normalized spacial score (nSPS) is 20.4. The molecule has 3 heteroatoms. The summed E-state index contributed by atoms with van der Waals surface area (Å²) in [5.74, 6) is 0.691. The number of likely N-dealkylation sites (tertiary alicyclic amines) is 1. The quantitative estimate of drug-likeness (QED) is 0.884. The number of aromatic nitrogens is 1. The molecule has 2 aromatic rings. The highest BCUT2D eigenvalue weighted by Crippen LogP contribution is 2.25. The van der Waals surface area contributed by atoms with Crippen LogP contribution in [0.4, 0.5) is 0 Å². The second-order valence-electron chi connectivity index (χ2n) is 5.63. The Hall–Kier alpha value is -1.32. The summed E-state index contributed by atoms with van der Waals surface area (Å²) in [6.07, 6.45) is 4.51. The molecule has 102 valence electrons. The number of aromatic amines is 1. The molecule has 1 aromatic heterocycles. The Labute approximate surface area is 114 Å². The van der Waals surface area contributed by atoms with Gasteiger partial charge in [-0.2, -0.15) is 0 Å². The van der Waals surface area contributed by atoms with Crippen LogP contribution in [-0.4, -0.2) is 29.5 Å². The van der Waals surface area contributed by atoms with Crippen molar-refractivity contribution >= 4 is 10.9 Å². The minimum absolute atomic E-state index is 0.691. The Kier molecular flexibility index (Phi) is 3.58. The number of H-pyrrole nitrogens is 1. The van der Waals surface area contributed by atoms with E-state index in [1.807, 2.05) is 0 Å². The molecule has 19 heavy (non-hydrogen) atoms.